The fourth-order valence-corrected chi connectivity index (χ4v) is 3.81. The quantitative estimate of drug-likeness (QED) is 0.815. The lowest BCUT2D eigenvalue weighted by Crippen LogP contribution is -2.41. The minimum absolute atomic E-state index is 0.252. The number of benzene rings is 1. The molecule has 0 spiro atoms. The fourth-order valence-electron chi connectivity index (χ4n) is 3.49. The van der Waals surface area contributed by atoms with E-state index in [1.807, 2.05) is 18.2 Å². The molecule has 0 aromatic heterocycles. The number of halogens is 2. The summed E-state index contributed by atoms with van der Waals surface area (Å²) in [4.78, 5) is 2.55. The van der Waals surface area contributed by atoms with Gasteiger partial charge in [-0.25, -0.2) is 0 Å². The van der Waals surface area contributed by atoms with E-state index in [2.05, 4.69) is 11.0 Å². The second kappa shape index (κ2) is 5.32. The van der Waals surface area contributed by atoms with Crippen molar-refractivity contribution in [2.24, 2.45) is 5.92 Å². The predicted octanol–water partition coefficient (Wildman–Crippen LogP) is 4.26. The topological polar surface area (TPSA) is 27.0 Å². The molecule has 2 nitrogen and oxygen atoms in total. The van der Waals surface area contributed by atoms with Crippen molar-refractivity contribution in [1.82, 2.24) is 4.90 Å². The Kier molecular flexibility index (Phi) is 3.71. The monoisotopic (exact) mass is 294 g/mol. The van der Waals surface area contributed by atoms with Gasteiger partial charge in [-0.05, 0) is 43.4 Å². The van der Waals surface area contributed by atoms with Gasteiger partial charge in [0, 0.05) is 24.5 Å². The molecule has 2 atom stereocenters. The summed E-state index contributed by atoms with van der Waals surface area (Å²) >= 11 is 12.0. The van der Waals surface area contributed by atoms with Gasteiger partial charge in [0.15, 0.2) is 0 Å². The van der Waals surface area contributed by atoms with E-state index in [0.717, 1.165) is 19.4 Å². The summed E-state index contributed by atoms with van der Waals surface area (Å²) in [7, 11) is 0. The first-order valence-corrected chi connectivity index (χ1v) is 7.52. The van der Waals surface area contributed by atoms with Crippen molar-refractivity contribution in [2.75, 3.05) is 0 Å². The number of nitriles is 1. The van der Waals surface area contributed by atoms with Crippen LogP contribution < -0.4 is 0 Å². The highest BCUT2D eigenvalue weighted by atomic mass is 35.5. The minimum Gasteiger partial charge on any atom is -0.293 e. The Morgan fingerprint density at radius 3 is 2.42 bits per heavy atom. The first kappa shape index (κ1) is 13.2. The second-order valence-corrected chi connectivity index (χ2v) is 6.42. The highest BCUT2D eigenvalue weighted by Crippen LogP contribution is 2.39. The maximum atomic E-state index is 9.10. The van der Waals surface area contributed by atoms with Gasteiger partial charge in [-0.2, -0.15) is 5.26 Å². The number of rotatable bonds is 2. The maximum absolute atomic E-state index is 9.10. The molecule has 2 fully saturated rings. The van der Waals surface area contributed by atoms with Crippen molar-refractivity contribution in [3.05, 3.63) is 33.8 Å². The highest BCUT2D eigenvalue weighted by Gasteiger charge is 2.40. The van der Waals surface area contributed by atoms with E-state index in [-0.39, 0.29) is 5.92 Å². The first-order chi connectivity index (χ1) is 9.17. The van der Waals surface area contributed by atoms with Crippen LogP contribution in [0, 0.1) is 17.2 Å². The first-order valence-electron chi connectivity index (χ1n) is 6.76. The third-order valence-electron chi connectivity index (χ3n) is 4.42. The molecule has 0 radical (unpaired) electrons. The molecule has 2 aliphatic rings. The summed E-state index contributed by atoms with van der Waals surface area (Å²) in [6.07, 6.45) is 4.50. The zero-order chi connectivity index (χ0) is 13.4. The van der Waals surface area contributed by atoms with Crippen LogP contribution in [0.2, 0.25) is 10.0 Å². The van der Waals surface area contributed by atoms with E-state index in [1.165, 1.54) is 18.4 Å². The molecule has 1 aromatic carbocycles. The Balaban J connectivity index is 1.74. The van der Waals surface area contributed by atoms with Crippen LogP contribution in [0.4, 0.5) is 0 Å². The normalized spacial score (nSPS) is 30.3. The summed E-state index contributed by atoms with van der Waals surface area (Å²) in [6.45, 7) is 0.921. The van der Waals surface area contributed by atoms with E-state index in [1.54, 1.807) is 0 Å². The van der Waals surface area contributed by atoms with Crippen LogP contribution in [0.3, 0.4) is 0 Å². The van der Waals surface area contributed by atoms with Crippen molar-refractivity contribution >= 4 is 23.2 Å². The van der Waals surface area contributed by atoms with Crippen molar-refractivity contribution in [2.45, 2.75) is 44.3 Å². The number of fused-ring (bicyclic) bond motifs is 2. The smallest absolute Gasteiger partial charge is 0.0657 e. The van der Waals surface area contributed by atoms with Gasteiger partial charge in [0.1, 0.15) is 0 Å². The molecule has 1 aromatic rings. The molecule has 0 aliphatic carbocycles. The second-order valence-electron chi connectivity index (χ2n) is 5.60. The number of piperidine rings is 1. The Bertz CT molecular complexity index is 509. The molecule has 3 rings (SSSR count). The van der Waals surface area contributed by atoms with Crippen LogP contribution >= 0.6 is 23.2 Å². The van der Waals surface area contributed by atoms with Gasteiger partial charge < -0.3 is 0 Å². The largest absolute Gasteiger partial charge is 0.293 e. The van der Waals surface area contributed by atoms with Gasteiger partial charge >= 0.3 is 0 Å². The van der Waals surface area contributed by atoms with Crippen LogP contribution in [-0.4, -0.2) is 17.0 Å². The van der Waals surface area contributed by atoms with E-state index < -0.39 is 0 Å². The van der Waals surface area contributed by atoms with Crippen LogP contribution in [0.25, 0.3) is 0 Å². The lowest BCUT2D eigenvalue weighted by atomic mass is 9.91. The molecular formula is C15H16Cl2N2. The lowest BCUT2D eigenvalue weighted by molar-refractivity contribution is 0.113. The molecule has 4 heteroatoms. The minimum atomic E-state index is 0.252. The Morgan fingerprint density at radius 1 is 1.16 bits per heavy atom. The van der Waals surface area contributed by atoms with Gasteiger partial charge in [-0.15, -0.1) is 0 Å². The Hall–Kier alpha value is -0.750. The highest BCUT2D eigenvalue weighted by molar-refractivity contribution is 6.42. The number of hydrogen-bond donors (Lipinski definition) is 0. The predicted molar refractivity (Wildman–Crippen MR) is 77.2 cm³/mol. The van der Waals surface area contributed by atoms with E-state index in [4.69, 9.17) is 28.5 Å². The van der Waals surface area contributed by atoms with Gasteiger partial charge in [0.2, 0.25) is 0 Å². The van der Waals surface area contributed by atoms with E-state index in [9.17, 15) is 0 Å². The van der Waals surface area contributed by atoms with Crippen molar-refractivity contribution < 1.29 is 0 Å². The van der Waals surface area contributed by atoms with Crippen molar-refractivity contribution in [1.29, 1.82) is 5.26 Å². The molecule has 0 saturated carbocycles. The molecule has 2 aliphatic heterocycles. The average Bonchev–Trinajstić information content (AvgIpc) is 2.64. The summed E-state index contributed by atoms with van der Waals surface area (Å²) in [6, 6.07) is 9.44. The van der Waals surface area contributed by atoms with Gasteiger partial charge in [-0.3, -0.25) is 4.90 Å². The zero-order valence-corrected chi connectivity index (χ0v) is 12.2. The summed E-state index contributed by atoms with van der Waals surface area (Å²) in [5.74, 6) is 0.252. The number of nitrogens with zero attached hydrogens (tertiary/aromatic N) is 2. The summed E-state index contributed by atoms with van der Waals surface area (Å²) in [5, 5.41) is 10.3. The Morgan fingerprint density at radius 2 is 1.84 bits per heavy atom. The molecule has 0 N–H and O–H groups in total. The van der Waals surface area contributed by atoms with Crippen LogP contribution in [0.1, 0.15) is 31.2 Å². The summed E-state index contributed by atoms with van der Waals surface area (Å²) < 4.78 is 0. The third-order valence-corrected chi connectivity index (χ3v) is 5.16. The number of hydrogen-bond acceptors (Lipinski definition) is 2. The maximum Gasteiger partial charge on any atom is 0.0657 e. The molecule has 2 heterocycles. The van der Waals surface area contributed by atoms with Crippen LogP contribution in [-0.2, 0) is 6.54 Å². The Labute approximate surface area is 123 Å². The molecule has 2 bridgehead atoms. The van der Waals surface area contributed by atoms with Crippen molar-refractivity contribution in [3.8, 4) is 6.07 Å². The summed E-state index contributed by atoms with van der Waals surface area (Å²) in [5.41, 5.74) is 1.21. The van der Waals surface area contributed by atoms with Gasteiger partial charge in [0.25, 0.3) is 0 Å². The molecule has 0 amide bonds. The standard InChI is InChI=1S/C15H16Cl2N2/c16-14-4-1-10(7-15(14)17)9-19-12-2-3-13(19)6-11(5-12)8-18/h1,4,7,11-13H,2-3,5-6,9H2. The molecule has 2 unspecified atom stereocenters. The van der Waals surface area contributed by atoms with Gasteiger partial charge in [0.05, 0.1) is 16.1 Å². The fraction of sp³-hybridized carbons (Fsp3) is 0.533. The molecule has 19 heavy (non-hydrogen) atoms. The third kappa shape index (κ3) is 2.60. The average molecular weight is 295 g/mol. The van der Waals surface area contributed by atoms with E-state index in [0.29, 0.717) is 22.1 Å². The molecular weight excluding hydrogens is 279 g/mol. The van der Waals surface area contributed by atoms with Crippen LogP contribution in [0.15, 0.2) is 18.2 Å². The van der Waals surface area contributed by atoms with Crippen molar-refractivity contribution in [3.63, 3.8) is 0 Å². The van der Waals surface area contributed by atoms with E-state index >= 15 is 0 Å². The van der Waals surface area contributed by atoms with Gasteiger partial charge in [-0.1, -0.05) is 29.3 Å². The molecule has 2 saturated heterocycles. The zero-order valence-electron chi connectivity index (χ0n) is 10.6. The lowest BCUT2D eigenvalue weighted by Gasteiger charge is -2.36. The SMILES string of the molecule is N#CC1CC2CCC(C1)N2Cc1ccc(Cl)c(Cl)c1. The van der Waals surface area contributed by atoms with Crippen LogP contribution in [0.5, 0.6) is 0 Å². The molecule has 100 valence electrons.